The van der Waals surface area contributed by atoms with Crippen LogP contribution in [0.25, 0.3) is 0 Å². The number of para-hydroxylation sites is 1. The lowest BCUT2D eigenvalue weighted by molar-refractivity contribution is -0.121. The minimum absolute atomic E-state index is 0.133. The first-order chi connectivity index (χ1) is 9.33. The van der Waals surface area contributed by atoms with Gasteiger partial charge in [-0.1, -0.05) is 50.8 Å². The van der Waals surface area contributed by atoms with Crippen LogP contribution in [0.2, 0.25) is 0 Å². The molecule has 0 aromatic heterocycles. The Morgan fingerprint density at radius 1 is 1.11 bits per heavy atom. The number of amides is 1. The van der Waals surface area contributed by atoms with Crippen LogP contribution in [-0.2, 0) is 4.79 Å². The zero-order valence-corrected chi connectivity index (χ0v) is 11.9. The van der Waals surface area contributed by atoms with E-state index in [0.29, 0.717) is 19.6 Å². The van der Waals surface area contributed by atoms with E-state index in [1.165, 1.54) is 19.3 Å². The molecule has 19 heavy (non-hydrogen) atoms. The minimum atomic E-state index is 0.133. The Labute approximate surface area is 116 Å². The lowest BCUT2D eigenvalue weighted by Gasteiger charge is -2.07. The van der Waals surface area contributed by atoms with Gasteiger partial charge in [-0.25, -0.2) is 0 Å². The van der Waals surface area contributed by atoms with E-state index in [4.69, 9.17) is 4.74 Å². The summed E-state index contributed by atoms with van der Waals surface area (Å²) in [7, 11) is 0. The Morgan fingerprint density at radius 2 is 1.84 bits per heavy atom. The molecule has 0 bridgehead atoms. The van der Waals surface area contributed by atoms with Crippen LogP contribution >= 0.6 is 0 Å². The first kappa shape index (κ1) is 15.5. The number of rotatable bonds is 10. The molecule has 3 nitrogen and oxygen atoms in total. The highest BCUT2D eigenvalue weighted by atomic mass is 16.5. The third-order valence-corrected chi connectivity index (χ3v) is 2.94. The van der Waals surface area contributed by atoms with Crippen LogP contribution < -0.4 is 10.1 Å². The zero-order chi connectivity index (χ0) is 13.8. The second-order valence-corrected chi connectivity index (χ2v) is 4.68. The topological polar surface area (TPSA) is 38.3 Å². The summed E-state index contributed by atoms with van der Waals surface area (Å²) in [6.07, 6.45) is 6.53. The number of hydrogen-bond donors (Lipinski definition) is 1. The Bertz CT molecular complexity index is 338. The quantitative estimate of drug-likeness (QED) is 0.656. The third-order valence-electron chi connectivity index (χ3n) is 2.94. The van der Waals surface area contributed by atoms with Gasteiger partial charge in [0.1, 0.15) is 12.4 Å². The maximum absolute atomic E-state index is 11.5. The highest BCUT2D eigenvalue weighted by molar-refractivity contribution is 5.75. The van der Waals surface area contributed by atoms with Crippen molar-refractivity contribution >= 4 is 5.91 Å². The predicted molar refractivity (Wildman–Crippen MR) is 78.3 cm³/mol. The van der Waals surface area contributed by atoms with Gasteiger partial charge in [-0.15, -0.1) is 0 Å². The SMILES string of the molecule is CCCCCCCC(=O)NCCOc1ccccc1. The molecule has 1 amide bonds. The number of hydrogen-bond acceptors (Lipinski definition) is 2. The van der Waals surface area contributed by atoms with Crippen LogP contribution in [0, 0.1) is 0 Å². The van der Waals surface area contributed by atoms with Crippen molar-refractivity contribution in [3.63, 3.8) is 0 Å². The number of benzene rings is 1. The van der Waals surface area contributed by atoms with Crippen LogP contribution in [0.1, 0.15) is 45.4 Å². The number of unbranched alkanes of at least 4 members (excludes halogenated alkanes) is 4. The number of carbonyl (C=O) groups excluding carboxylic acids is 1. The number of carbonyl (C=O) groups is 1. The van der Waals surface area contributed by atoms with Gasteiger partial charge in [0.2, 0.25) is 5.91 Å². The summed E-state index contributed by atoms with van der Waals surface area (Å²) in [5, 5.41) is 2.88. The average molecular weight is 263 g/mol. The average Bonchev–Trinajstić information content (AvgIpc) is 2.44. The minimum Gasteiger partial charge on any atom is -0.492 e. The molecule has 0 aliphatic rings. The van der Waals surface area contributed by atoms with Gasteiger partial charge in [0.05, 0.1) is 6.54 Å². The van der Waals surface area contributed by atoms with Crippen LogP contribution in [0.3, 0.4) is 0 Å². The second-order valence-electron chi connectivity index (χ2n) is 4.68. The molecule has 106 valence electrons. The number of ether oxygens (including phenoxy) is 1. The smallest absolute Gasteiger partial charge is 0.220 e. The molecular formula is C16H25NO2. The molecule has 1 aromatic rings. The van der Waals surface area contributed by atoms with Gasteiger partial charge in [-0.2, -0.15) is 0 Å². The lowest BCUT2D eigenvalue weighted by Crippen LogP contribution is -2.27. The second kappa shape index (κ2) is 10.4. The molecule has 1 N–H and O–H groups in total. The predicted octanol–water partition coefficient (Wildman–Crippen LogP) is 3.54. The summed E-state index contributed by atoms with van der Waals surface area (Å²) >= 11 is 0. The van der Waals surface area contributed by atoms with E-state index in [2.05, 4.69) is 12.2 Å². The Kier molecular flexibility index (Phi) is 8.52. The van der Waals surface area contributed by atoms with Crippen molar-refractivity contribution in [3.8, 4) is 5.75 Å². The van der Waals surface area contributed by atoms with Gasteiger partial charge in [0, 0.05) is 6.42 Å². The molecule has 0 aliphatic heterocycles. The maximum Gasteiger partial charge on any atom is 0.220 e. The molecular weight excluding hydrogens is 238 g/mol. The largest absolute Gasteiger partial charge is 0.492 e. The van der Waals surface area contributed by atoms with Crippen molar-refractivity contribution in [2.75, 3.05) is 13.2 Å². The lowest BCUT2D eigenvalue weighted by atomic mass is 10.1. The van der Waals surface area contributed by atoms with Crippen molar-refractivity contribution in [2.24, 2.45) is 0 Å². The van der Waals surface area contributed by atoms with E-state index in [9.17, 15) is 4.79 Å². The van der Waals surface area contributed by atoms with Crippen LogP contribution in [0.5, 0.6) is 5.75 Å². The Morgan fingerprint density at radius 3 is 2.58 bits per heavy atom. The van der Waals surface area contributed by atoms with Crippen molar-refractivity contribution in [2.45, 2.75) is 45.4 Å². The van der Waals surface area contributed by atoms with Crippen molar-refractivity contribution < 1.29 is 9.53 Å². The summed E-state index contributed by atoms with van der Waals surface area (Å²) in [6.45, 7) is 3.29. The molecule has 0 saturated carbocycles. The fraction of sp³-hybridized carbons (Fsp3) is 0.562. The highest BCUT2D eigenvalue weighted by Gasteiger charge is 2.00. The summed E-state index contributed by atoms with van der Waals surface area (Å²) in [5.41, 5.74) is 0. The van der Waals surface area contributed by atoms with Gasteiger partial charge in [0.25, 0.3) is 0 Å². The third kappa shape index (κ3) is 8.25. The van der Waals surface area contributed by atoms with Crippen molar-refractivity contribution in [1.82, 2.24) is 5.32 Å². The molecule has 0 fully saturated rings. The van der Waals surface area contributed by atoms with E-state index < -0.39 is 0 Å². The fourth-order valence-electron chi connectivity index (χ4n) is 1.85. The molecule has 1 aromatic carbocycles. The molecule has 1 rings (SSSR count). The Hall–Kier alpha value is -1.51. The normalized spacial score (nSPS) is 10.2. The summed E-state index contributed by atoms with van der Waals surface area (Å²) in [4.78, 5) is 11.5. The highest BCUT2D eigenvalue weighted by Crippen LogP contribution is 2.07. The van der Waals surface area contributed by atoms with E-state index in [1.54, 1.807) is 0 Å². The molecule has 0 atom stereocenters. The van der Waals surface area contributed by atoms with E-state index >= 15 is 0 Å². The maximum atomic E-state index is 11.5. The fourth-order valence-corrected chi connectivity index (χ4v) is 1.85. The van der Waals surface area contributed by atoms with Gasteiger partial charge in [0.15, 0.2) is 0 Å². The monoisotopic (exact) mass is 263 g/mol. The number of nitrogens with one attached hydrogen (secondary N) is 1. The van der Waals surface area contributed by atoms with Crippen molar-refractivity contribution in [1.29, 1.82) is 0 Å². The zero-order valence-electron chi connectivity index (χ0n) is 11.9. The Balaban J connectivity index is 1.95. The van der Waals surface area contributed by atoms with E-state index in [1.807, 2.05) is 30.3 Å². The first-order valence-electron chi connectivity index (χ1n) is 7.27. The summed E-state index contributed by atoms with van der Waals surface area (Å²) < 4.78 is 5.50. The van der Waals surface area contributed by atoms with Crippen LogP contribution in [-0.4, -0.2) is 19.1 Å². The van der Waals surface area contributed by atoms with E-state index in [-0.39, 0.29) is 5.91 Å². The van der Waals surface area contributed by atoms with Gasteiger partial charge >= 0.3 is 0 Å². The van der Waals surface area contributed by atoms with Gasteiger partial charge in [-0.05, 0) is 18.6 Å². The van der Waals surface area contributed by atoms with Crippen LogP contribution in [0.4, 0.5) is 0 Å². The van der Waals surface area contributed by atoms with Gasteiger partial charge in [-0.3, -0.25) is 4.79 Å². The molecule has 0 aliphatic carbocycles. The molecule has 0 spiro atoms. The molecule has 0 heterocycles. The van der Waals surface area contributed by atoms with E-state index in [0.717, 1.165) is 18.6 Å². The summed E-state index contributed by atoms with van der Waals surface area (Å²) in [6, 6.07) is 9.65. The van der Waals surface area contributed by atoms with Crippen LogP contribution in [0.15, 0.2) is 30.3 Å². The first-order valence-corrected chi connectivity index (χ1v) is 7.27. The molecule has 3 heteroatoms. The summed E-state index contributed by atoms with van der Waals surface area (Å²) in [5.74, 6) is 0.976. The molecule has 0 saturated heterocycles. The molecule has 0 radical (unpaired) electrons. The van der Waals surface area contributed by atoms with Gasteiger partial charge < -0.3 is 10.1 Å². The molecule has 0 unspecified atom stereocenters. The van der Waals surface area contributed by atoms with Crippen molar-refractivity contribution in [3.05, 3.63) is 30.3 Å². The standard InChI is InChI=1S/C16H25NO2/c1-2-3-4-5-9-12-16(18)17-13-14-19-15-10-7-6-8-11-15/h6-8,10-11H,2-5,9,12-14H2,1H3,(H,17,18).